The standard InChI is InChI=1S/C18H25N7O2/c1-12-9-13(27-22-12)11-23-5-7-24(8-6-23)17-20-15-14(16(26)21-17)10-19-25(15)18(2,3)4/h9-10H,5-8,11H2,1-4H3,(H,20,21,26). The number of nitrogens with zero attached hydrogens (tertiary/aromatic N) is 6. The van der Waals surface area contributed by atoms with Crippen LogP contribution in [0.2, 0.25) is 0 Å². The molecular formula is C18H25N7O2. The minimum Gasteiger partial charge on any atom is -0.360 e. The van der Waals surface area contributed by atoms with Gasteiger partial charge in [0.2, 0.25) is 5.95 Å². The Hall–Kier alpha value is -2.68. The van der Waals surface area contributed by atoms with E-state index in [4.69, 9.17) is 9.51 Å². The fourth-order valence-corrected chi connectivity index (χ4v) is 3.38. The number of hydrogen-bond acceptors (Lipinski definition) is 7. The predicted octanol–water partition coefficient (Wildman–Crippen LogP) is 1.49. The van der Waals surface area contributed by atoms with Gasteiger partial charge in [-0.05, 0) is 27.7 Å². The summed E-state index contributed by atoms with van der Waals surface area (Å²) in [6, 6.07) is 1.97. The van der Waals surface area contributed by atoms with E-state index in [1.165, 1.54) is 0 Å². The summed E-state index contributed by atoms with van der Waals surface area (Å²) < 4.78 is 7.11. The molecule has 4 heterocycles. The lowest BCUT2D eigenvalue weighted by molar-refractivity contribution is 0.218. The molecule has 0 amide bonds. The first kappa shape index (κ1) is 17.7. The molecule has 0 atom stereocenters. The number of hydrogen-bond donors (Lipinski definition) is 1. The summed E-state index contributed by atoms with van der Waals surface area (Å²) >= 11 is 0. The van der Waals surface area contributed by atoms with E-state index in [-0.39, 0.29) is 11.1 Å². The second-order valence-electron chi connectivity index (χ2n) is 8.05. The summed E-state index contributed by atoms with van der Waals surface area (Å²) in [5.41, 5.74) is 1.13. The minimum absolute atomic E-state index is 0.148. The Morgan fingerprint density at radius 1 is 1.22 bits per heavy atom. The molecule has 1 aliphatic heterocycles. The van der Waals surface area contributed by atoms with Gasteiger partial charge in [0.05, 0.1) is 24.0 Å². The summed E-state index contributed by atoms with van der Waals surface area (Å²) in [6.45, 7) is 12.1. The Kier molecular flexibility index (Phi) is 4.26. The molecule has 0 spiro atoms. The van der Waals surface area contributed by atoms with Crippen molar-refractivity contribution in [3.63, 3.8) is 0 Å². The smallest absolute Gasteiger partial charge is 0.263 e. The van der Waals surface area contributed by atoms with E-state index in [9.17, 15) is 4.79 Å². The molecule has 1 N–H and O–H groups in total. The topological polar surface area (TPSA) is 96.1 Å². The number of aromatic amines is 1. The lowest BCUT2D eigenvalue weighted by Gasteiger charge is -2.34. The first-order valence-electron chi connectivity index (χ1n) is 9.19. The van der Waals surface area contributed by atoms with Crippen molar-refractivity contribution in [1.82, 2.24) is 29.8 Å². The van der Waals surface area contributed by atoms with Gasteiger partial charge < -0.3 is 9.42 Å². The maximum Gasteiger partial charge on any atom is 0.263 e. The third kappa shape index (κ3) is 3.46. The van der Waals surface area contributed by atoms with Crippen LogP contribution in [0.4, 0.5) is 5.95 Å². The van der Waals surface area contributed by atoms with Gasteiger partial charge in [-0.25, -0.2) is 4.68 Å². The molecule has 0 saturated carbocycles. The van der Waals surface area contributed by atoms with Crippen LogP contribution in [-0.4, -0.2) is 56.0 Å². The van der Waals surface area contributed by atoms with Crippen LogP contribution in [0, 0.1) is 6.92 Å². The number of aryl methyl sites for hydroxylation is 1. The largest absolute Gasteiger partial charge is 0.360 e. The van der Waals surface area contributed by atoms with Gasteiger partial charge in [-0.2, -0.15) is 10.1 Å². The fraction of sp³-hybridized carbons (Fsp3) is 0.556. The van der Waals surface area contributed by atoms with E-state index >= 15 is 0 Å². The van der Waals surface area contributed by atoms with Crippen LogP contribution < -0.4 is 10.5 Å². The molecule has 3 aromatic rings. The minimum atomic E-state index is -0.242. The van der Waals surface area contributed by atoms with Crippen molar-refractivity contribution in [2.75, 3.05) is 31.1 Å². The van der Waals surface area contributed by atoms with Gasteiger partial charge in [0.25, 0.3) is 5.56 Å². The molecular weight excluding hydrogens is 346 g/mol. The number of rotatable bonds is 3. The number of H-pyrrole nitrogens is 1. The molecule has 0 aromatic carbocycles. The van der Waals surface area contributed by atoms with Gasteiger partial charge in [-0.1, -0.05) is 5.16 Å². The lowest BCUT2D eigenvalue weighted by atomic mass is 10.1. The molecule has 9 nitrogen and oxygen atoms in total. The monoisotopic (exact) mass is 371 g/mol. The molecule has 1 fully saturated rings. The molecule has 0 unspecified atom stereocenters. The van der Waals surface area contributed by atoms with E-state index in [0.717, 1.165) is 44.2 Å². The van der Waals surface area contributed by atoms with Crippen molar-refractivity contribution in [3.05, 3.63) is 34.1 Å². The number of piperazine rings is 1. The maximum atomic E-state index is 12.5. The summed E-state index contributed by atoms with van der Waals surface area (Å²) in [5, 5.41) is 8.82. The number of anilines is 1. The molecule has 144 valence electrons. The van der Waals surface area contributed by atoms with Crippen LogP contribution in [0.3, 0.4) is 0 Å². The Morgan fingerprint density at radius 3 is 2.59 bits per heavy atom. The van der Waals surface area contributed by atoms with Crippen LogP contribution in [0.15, 0.2) is 21.6 Å². The van der Waals surface area contributed by atoms with Gasteiger partial charge in [-0.3, -0.25) is 14.7 Å². The Labute approximate surface area is 157 Å². The van der Waals surface area contributed by atoms with E-state index in [1.54, 1.807) is 6.20 Å². The van der Waals surface area contributed by atoms with E-state index in [1.807, 2.05) is 38.4 Å². The SMILES string of the molecule is Cc1cc(CN2CCN(c3nc4c(cnn4C(C)(C)C)c(=O)[nH]3)CC2)on1. The first-order valence-corrected chi connectivity index (χ1v) is 9.19. The first-order chi connectivity index (χ1) is 12.8. The van der Waals surface area contributed by atoms with Crippen LogP contribution in [0.1, 0.15) is 32.2 Å². The molecule has 27 heavy (non-hydrogen) atoms. The van der Waals surface area contributed by atoms with Crippen LogP contribution >= 0.6 is 0 Å². The predicted molar refractivity (Wildman–Crippen MR) is 102 cm³/mol. The van der Waals surface area contributed by atoms with Gasteiger partial charge >= 0.3 is 0 Å². The summed E-state index contributed by atoms with van der Waals surface area (Å²) in [4.78, 5) is 24.5. The highest BCUT2D eigenvalue weighted by atomic mass is 16.5. The highest BCUT2D eigenvalue weighted by Crippen LogP contribution is 2.20. The van der Waals surface area contributed by atoms with Gasteiger partial charge in [-0.15, -0.1) is 0 Å². The van der Waals surface area contributed by atoms with Crippen molar-refractivity contribution >= 4 is 17.0 Å². The van der Waals surface area contributed by atoms with Gasteiger partial charge in [0, 0.05) is 32.2 Å². The average molecular weight is 371 g/mol. The molecule has 1 saturated heterocycles. The molecule has 4 rings (SSSR count). The van der Waals surface area contributed by atoms with E-state index < -0.39 is 0 Å². The van der Waals surface area contributed by atoms with Gasteiger partial charge in [0.15, 0.2) is 11.4 Å². The lowest BCUT2D eigenvalue weighted by Crippen LogP contribution is -2.47. The average Bonchev–Trinajstić information content (AvgIpc) is 3.21. The fourth-order valence-electron chi connectivity index (χ4n) is 3.38. The van der Waals surface area contributed by atoms with Crippen molar-refractivity contribution < 1.29 is 4.52 Å². The van der Waals surface area contributed by atoms with Crippen LogP contribution in [0.25, 0.3) is 11.0 Å². The van der Waals surface area contributed by atoms with Gasteiger partial charge in [0.1, 0.15) is 5.39 Å². The molecule has 0 radical (unpaired) electrons. The van der Waals surface area contributed by atoms with Crippen molar-refractivity contribution in [1.29, 1.82) is 0 Å². The molecule has 1 aliphatic rings. The normalized spacial score (nSPS) is 16.4. The second kappa shape index (κ2) is 6.49. The Morgan fingerprint density at radius 2 is 1.96 bits per heavy atom. The summed E-state index contributed by atoms with van der Waals surface area (Å²) in [7, 11) is 0. The van der Waals surface area contributed by atoms with E-state index in [2.05, 4.69) is 25.0 Å². The second-order valence-corrected chi connectivity index (χ2v) is 8.05. The van der Waals surface area contributed by atoms with E-state index in [0.29, 0.717) is 17.0 Å². The molecule has 0 bridgehead atoms. The summed E-state index contributed by atoms with van der Waals surface area (Å²) in [6.07, 6.45) is 1.59. The zero-order valence-corrected chi connectivity index (χ0v) is 16.2. The quantitative estimate of drug-likeness (QED) is 0.745. The number of nitrogens with one attached hydrogen (secondary N) is 1. The van der Waals surface area contributed by atoms with Crippen molar-refractivity contribution in [2.45, 2.75) is 39.8 Å². The maximum absolute atomic E-state index is 12.5. The van der Waals surface area contributed by atoms with Crippen LogP contribution in [-0.2, 0) is 12.1 Å². The number of fused-ring (bicyclic) bond motifs is 1. The third-order valence-corrected chi connectivity index (χ3v) is 4.79. The zero-order valence-electron chi connectivity index (χ0n) is 16.2. The van der Waals surface area contributed by atoms with Crippen molar-refractivity contribution in [3.8, 4) is 0 Å². The third-order valence-electron chi connectivity index (χ3n) is 4.79. The van der Waals surface area contributed by atoms with Crippen LogP contribution in [0.5, 0.6) is 0 Å². The summed E-state index contributed by atoms with van der Waals surface area (Å²) in [5.74, 6) is 1.48. The molecule has 3 aromatic heterocycles. The Balaban J connectivity index is 1.52. The Bertz CT molecular complexity index is 1000. The molecule has 9 heteroatoms. The highest BCUT2D eigenvalue weighted by molar-refractivity contribution is 5.74. The number of aromatic nitrogens is 5. The van der Waals surface area contributed by atoms with Crippen molar-refractivity contribution in [2.24, 2.45) is 0 Å². The zero-order chi connectivity index (χ0) is 19.2. The highest BCUT2D eigenvalue weighted by Gasteiger charge is 2.23. The molecule has 0 aliphatic carbocycles.